The van der Waals surface area contributed by atoms with Gasteiger partial charge in [0.2, 0.25) is 0 Å². The van der Waals surface area contributed by atoms with Gasteiger partial charge < -0.3 is 10.4 Å². The van der Waals surface area contributed by atoms with Crippen LogP contribution in [-0.4, -0.2) is 18.8 Å². The van der Waals surface area contributed by atoms with Crippen molar-refractivity contribution in [3.05, 3.63) is 32.7 Å². The minimum Gasteiger partial charge on any atom is -0.394 e. The van der Waals surface area contributed by atoms with Gasteiger partial charge in [-0.2, -0.15) is 0 Å². The van der Waals surface area contributed by atoms with Crippen LogP contribution >= 0.6 is 31.9 Å². The van der Waals surface area contributed by atoms with Crippen molar-refractivity contribution < 1.29 is 5.11 Å². The zero-order valence-electron chi connectivity index (χ0n) is 7.22. The van der Waals surface area contributed by atoms with Gasteiger partial charge in [0.15, 0.2) is 0 Å². The van der Waals surface area contributed by atoms with Gasteiger partial charge in [-0.15, -0.1) is 0 Å². The number of aliphatic hydroxyl groups is 1. The molecule has 0 bridgehead atoms. The first-order chi connectivity index (χ1) is 6.19. The highest BCUT2D eigenvalue weighted by atomic mass is 79.9. The van der Waals surface area contributed by atoms with Crippen LogP contribution in [0.4, 0.5) is 0 Å². The Labute approximate surface area is 94.6 Å². The molecule has 72 valence electrons. The fraction of sp³-hybridized carbons (Fsp3) is 0.333. The van der Waals surface area contributed by atoms with Crippen molar-refractivity contribution in [3.8, 4) is 0 Å². The van der Waals surface area contributed by atoms with Gasteiger partial charge in [0.25, 0.3) is 0 Å². The van der Waals surface area contributed by atoms with Crippen molar-refractivity contribution in [1.82, 2.24) is 5.32 Å². The molecule has 0 saturated carbocycles. The van der Waals surface area contributed by atoms with Gasteiger partial charge in [-0.3, -0.25) is 0 Å². The van der Waals surface area contributed by atoms with Crippen LogP contribution in [0.2, 0.25) is 0 Å². The molecule has 13 heavy (non-hydrogen) atoms. The Morgan fingerprint density at radius 2 is 2.15 bits per heavy atom. The van der Waals surface area contributed by atoms with Gasteiger partial charge in [0, 0.05) is 8.95 Å². The van der Waals surface area contributed by atoms with Gasteiger partial charge in [0.1, 0.15) is 0 Å². The Morgan fingerprint density at radius 3 is 2.69 bits per heavy atom. The lowest BCUT2D eigenvalue weighted by molar-refractivity contribution is 0.250. The molecule has 4 heteroatoms. The normalized spacial score (nSPS) is 12.9. The topological polar surface area (TPSA) is 32.3 Å². The fourth-order valence-electron chi connectivity index (χ4n) is 1.13. The number of halogens is 2. The first-order valence-corrected chi connectivity index (χ1v) is 5.50. The van der Waals surface area contributed by atoms with E-state index < -0.39 is 0 Å². The summed E-state index contributed by atoms with van der Waals surface area (Å²) in [6.45, 7) is 0.0888. The molecule has 1 rings (SSSR count). The third kappa shape index (κ3) is 2.77. The van der Waals surface area contributed by atoms with Gasteiger partial charge in [-0.25, -0.2) is 0 Å². The summed E-state index contributed by atoms with van der Waals surface area (Å²) in [5.41, 5.74) is 1.05. The molecule has 0 unspecified atom stereocenters. The molecule has 0 aliphatic rings. The molecule has 0 aliphatic heterocycles. The van der Waals surface area contributed by atoms with E-state index in [0.717, 1.165) is 14.5 Å². The molecule has 0 aliphatic carbocycles. The van der Waals surface area contributed by atoms with Crippen LogP contribution in [0.5, 0.6) is 0 Å². The minimum atomic E-state index is -0.0214. The molecule has 1 aromatic carbocycles. The Morgan fingerprint density at radius 1 is 1.46 bits per heavy atom. The van der Waals surface area contributed by atoms with Crippen molar-refractivity contribution in [2.75, 3.05) is 13.7 Å². The average molecular weight is 309 g/mol. The van der Waals surface area contributed by atoms with E-state index in [9.17, 15) is 0 Å². The summed E-state index contributed by atoms with van der Waals surface area (Å²) in [6, 6.07) is 5.88. The largest absolute Gasteiger partial charge is 0.394 e. The Hall–Kier alpha value is 0.1000. The maximum atomic E-state index is 9.10. The van der Waals surface area contributed by atoms with E-state index in [-0.39, 0.29) is 12.6 Å². The van der Waals surface area contributed by atoms with Gasteiger partial charge >= 0.3 is 0 Å². The third-order valence-electron chi connectivity index (χ3n) is 1.86. The van der Waals surface area contributed by atoms with Crippen LogP contribution in [0.25, 0.3) is 0 Å². The van der Waals surface area contributed by atoms with E-state index >= 15 is 0 Å². The van der Waals surface area contributed by atoms with Crippen LogP contribution in [0.15, 0.2) is 27.1 Å². The number of hydrogen-bond acceptors (Lipinski definition) is 2. The zero-order chi connectivity index (χ0) is 9.84. The van der Waals surface area contributed by atoms with Gasteiger partial charge in [-0.1, -0.05) is 31.9 Å². The summed E-state index contributed by atoms with van der Waals surface area (Å²) in [4.78, 5) is 0. The molecule has 1 aromatic rings. The van der Waals surface area contributed by atoms with Crippen LogP contribution in [0, 0.1) is 0 Å². The highest BCUT2D eigenvalue weighted by molar-refractivity contribution is 9.11. The van der Waals surface area contributed by atoms with Crippen molar-refractivity contribution in [1.29, 1.82) is 0 Å². The van der Waals surface area contributed by atoms with E-state index in [0.29, 0.717) is 0 Å². The number of benzene rings is 1. The third-order valence-corrected chi connectivity index (χ3v) is 3.08. The second-order valence-electron chi connectivity index (χ2n) is 2.69. The second-order valence-corrected chi connectivity index (χ2v) is 4.46. The molecule has 1 atom stereocenters. The monoisotopic (exact) mass is 307 g/mol. The SMILES string of the molecule is CN[C@@H](CO)c1cc(Br)ccc1Br. The lowest BCUT2D eigenvalue weighted by atomic mass is 10.1. The van der Waals surface area contributed by atoms with Crippen molar-refractivity contribution in [3.63, 3.8) is 0 Å². The predicted molar refractivity (Wildman–Crippen MR) is 60.7 cm³/mol. The number of hydrogen-bond donors (Lipinski definition) is 2. The number of likely N-dealkylation sites (N-methyl/N-ethyl adjacent to an activating group) is 1. The van der Waals surface area contributed by atoms with Crippen LogP contribution in [0.1, 0.15) is 11.6 Å². The van der Waals surface area contributed by atoms with Crippen molar-refractivity contribution in [2.24, 2.45) is 0 Å². The van der Waals surface area contributed by atoms with Gasteiger partial charge in [0.05, 0.1) is 12.6 Å². The highest BCUT2D eigenvalue weighted by Gasteiger charge is 2.11. The molecule has 0 heterocycles. The Balaban J connectivity index is 3.03. The van der Waals surface area contributed by atoms with Crippen LogP contribution in [-0.2, 0) is 0 Å². The van der Waals surface area contributed by atoms with Gasteiger partial charge in [-0.05, 0) is 30.8 Å². The summed E-state index contributed by atoms with van der Waals surface area (Å²) < 4.78 is 2.02. The maximum absolute atomic E-state index is 9.10. The van der Waals surface area contributed by atoms with Crippen LogP contribution in [0.3, 0.4) is 0 Å². The van der Waals surface area contributed by atoms with E-state index in [2.05, 4.69) is 37.2 Å². The van der Waals surface area contributed by atoms with Crippen LogP contribution < -0.4 is 5.32 Å². The molecule has 0 fully saturated rings. The molecule has 0 amide bonds. The lowest BCUT2D eigenvalue weighted by Gasteiger charge is -2.15. The summed E-state index contributed by atoms with van der Waals surface area (Å²) >= 11 is 6.83. The average Bonchev–Trinajstić information content (AvgIpc) is 2.13. The molecule has 0 aromatic heterocycles. The lowest BCUT2D eigenvalue weighted by Crippen LogP contribution is -2.20. The molecule has 0 saturated heterocycles. The summed E-state index contributed by atoms with van der Waals surface area (Å²) in [5, 5.41) is 12.1. The minimum absolute atomic E-state index is 0.0214. The standard InChI is InChI=1S/C9H11Br2NO/c1-12-9(5-13)7-4-6(10)2-3-8(7)11/h2-4,9,12-13H,5H2,1H3/t9-/m0/s1. The second kappa shape index (κ2) is 5.10. The first-order valence-electron chi connectivity index (χ1n) is 3.92. The number of nitrogens with one attached hydrogen (secondary N) is 1. The maximum Gasteiger partial charge on any atom is 0.0626 e. The van der Waals surface area contributed by atoms with Crippen molar-refractivity contribution >= 4 is 31.9 Å². The number of rotatable bonds is 3. The first kappa shape index (κ1) is 11.2. The zero-order valence-corrected chi connectivity index (χ0v) is 10.4. The van der Waals surface area contributed by atoms with Crippen molar-refractivity contribution in [2.45, 2.75) is 6.04 Å². The smallest absolute Gasteiger partial charge is 0.0626 e. The summed E-state index contributed by atoms with van der Waals surface area (Å²) in [7, 11) is 1.83. The molecule has 0 spiro atoms. The van der Waals surface area contributed by atoms with E-state index in [1.165, 1.54) is 0 Å². The molecule has 0 radical (unpaired) electrons. The highest BCUT2D eigenvalue weighted by Crippen LogP contribution is 2.26. The molecule has 2 nitrogen and oxygen atoms in total. The number of aliphatic hydroxyl groups excluding tert-OH is 1. The van der Waals surface area contributed by atoms with E-state index in [1.54, 1.807) is 0 Å². The Bertz CT molecular complexity index is 287. The Kier molecular flexibility index (Phi) is 4.38. The molecular formula is C9H11Br2NO. The van der Waals surface area contributed by atoms with E-state index in [4.69, 9.17) is 5.11 Å². The van der Waals surface area contributed by atoms with E-state index in [1.807, 2.05) is 25.2 Å². The predicted octanol–water partition coefficient (Wildman–Crippen LogP) is 2.46. The molecular weight excluding hydrogens is 298 g/mol. The summed E-state index contributed by atoms with van der Waals surface area (Å²) in [6.07, 6.45) is 0. The quantitative estimate of drug-likeness (QED) is 0.899. The summed E-state index contributed by atoms with van der Waals surface area (Å²) in [5.74, 6) is 0. The molecule has 2 N–H and O–H groups in total. The fourth-order valence-corrected chi connectivity index (χ4v) is 2.03.